The summed E-state index contributed by atoms with van der Waals surface area (Å²) in [5, 5.41) is 12.5. The fourth-order valence-electron chi connectivity index (χ4n) is 1.20. The third-order valence-electron chi connectivity index (χ3n) is 2.23. The number of phenolic OH excluding ortho intramolecular Hbond substituents is 1. The smallest absolute Gasteiger partial charge is 0.123 e. The Morgan fingerprint density at radius 3 is 2.77 bits per heavy atom. The summed E-state index contributed by atoms with van der Waals surface area (Å²) in [4.78, 5) is 0. The lowest BCUT2D eigenvalue weighted by molar-refractivity contribution is 0.142. The molecule has 0 amide bonds. The van der Waals surface area contributed by atoms with Gasteiger partial charge in [-0.15, -0.1) is 0 Å². The van der Waals surface area contributed by atoms with Crippen molar-refractivity contribution in [3.63, 3.8) is 0 Å². The summed E-state index contributed by atoms with van der Waals surface area (Å²) in [7, 11) is 0. The Bertz CT molecular complexity index is 308. The molecule has 1 fully saturated rings. The SMILES string of the molecule is Cc1ccc(OC2CNC2)cc1O. The van der Waals surface area contributed by atoms with Crippen LogP contribution < -0.4 is 10.1 Å². The zero-order chi connectivity index (χ0) is 9.26. The molecule has 0 radical (unpaired) electrons. The van der Waals surface area contributed by atoms with E-state index in [1.807, 2.05) is 19.1 Å². The fourth-order valence-corrected chi connectivity index (χ4v) is 1.20. The van der Waals surface area contributed by atoms with Gasteiger partial charge in [0.2, 0.25) is 0 Å². The summed E-state index contributed by atoms with van der Waals surface area (Å²) < 4.78 is 5.56. The van der Waals surface area contributed by atoms with Gasteiger partial charge in [0.1, 0.15) is 17.6 Å². The molecule has 0 aromatic heterocycles. The van der Waals surface area contributed by atoms with Crippen molar-refractivity contribution < 1.29 is 9.84 Å². The number of aryl methyl sites for hydroxylation is 1. The van der Waals surface area contributed by atoms with E-state index in [4.69, 9.17) is 4.74 Å². The molecule has 0 saturated carbocycles. The van der Waals surface area contributed by atoms with Gasteiger partial charge in [0.15, 0.2) is 0 Å². The monoisotopic (exact) mass is 179 g/mol. The minimum atomic E-state index is 0.266. The molecule has 1 heterocycles. The van der Waals surface area contributed by atoms with Gasteiger partial charge in [-0.2, -0.15) is 0 Å². The molecule has 13 heavy (non-hydrogen) atoms. The van der Waals surface area contributed by atoms with Gasteiger partial charge in [0, 0.05) is 19.2 Å². The van der Waals surface area contributed by atoms with Crippen LogP contribution in [0.2, 0.25) is 0 Å². The van der Waals surface area contributed by atoms with E-state index in [-0.39, 0.29) is 6.10 Å². The quantitative estimate of drug-likeness (QED) is 0.713. The lowest BCUT2D eigenvalue weighted by Gasteiger charge is -2.27. The molecule has 0 atom stereocenters. The Morgan fingerprint density at radius 2 is 2.23 bits per heavy atom. The average molecular weight is 179 g/mol. The van der Waals surface area contributed by atoms with Crippen LogP contribution in [0.15, 0.2) is 18.2 Å². The van der Waals surface area contributed by atoms with Gasteiger partial charge >= 0.3 is 0 Å². The van der Waals surface area contributed by atoms with Crippen molar-refractivity contribution in [3.05, 3.63) is 23.8 Å². The van der Waals surface area contributed by atoms with E-state index in [0.717, 1.165) is 24.4 Å². The van der Waals surface area contributed by atoms with E-state index < -0.39 is 0 Å². The van der Waals surface area contributed by atoms with Crippen LogP contribution in [-0.4, -0.2) is 24.3 Å². The van der Waals surface area contributed by atoms with Crippen molar-refractivity contribution in [3.8, 4) is 11.5 Å². The molecule has 0 unspecified atom stereocenters. The van der Waals surface area contributed by atoms with E-state index in [1.165, 1.54) is 0 Å². The summed E-state index contributed by atoms with van der Waals surface area (Å²) in [5.41, 5.74) is 0.874. The van der Waals surface area contributed by atoms with Gasteiger partial charge in [-0.1, -0.05) is 6.07 Å². The van der Waals surface area contributed by atoms with E-state index in [1.54, 1.807) is 6.07 Å². The van der Waals surface area contributed by atoms with Crippen molar-refractivity contribution in [2.45, 2.75) is 13.0 Å². The molecule has 0 aliphatic carbocycles. The van der Waals surface area contributed by atoms with Gasteiger partial charge in [0.25, 0.3) is 0 Å². The molecule has 0 bridgehead atoms. The molecule has 0 spiro atoms. The van der Waals surface area contributed by atoms with Crippen LogP contribution in [0.25, 0.3) is 0 Å². The molecule has 1 aliphatic rings. The van der Waals surface area contributed by atoms with Crippen molar-refractivity contribution >= 4 is 0 Å². The molecule has 70 valence electrons. The number of ether oxygens (including phenoxy) is 1. The van der Waals surface area contributed by atoms with Crippen molar-refractivity contribution in [1.29, 1.82) is 0 Å². The van der Waals surface area contributed by atoms with Crippen LogP contribution in [0.1, 0.15) is 5.56 Å². The summed E-state index contributed by atoms with van der Waals surface area (Å²) in [6.07, 6.45) is 0.266. The predicted molar refractivity (Wildman–Crippen MR) is 50.1 cm³/mol. The highest BCUT2D eigenvalue weighted by molar-refractivity contribution is 5.38. The van der Waals surface area contributed by atoms with Crippen molar-refractivity contribution in [2.24, 2.45) is 0 Å². The third kappa shape index (κ3) is 1.75. The van der Waals surface area contributed by atoms with E-state index in [0.29, 0.717) is 5.75 Å². The van der Waals surface area contributed by atoms with Crippen molar-refractivity contribution in [1.82, 2.24) is 5.32 Å². The van der Waals surface area contributed by atoms with Crippen LogP contribution >= 0.6 is 0 Å². The summed E-state index contributed by atoms with van der Waals surface area (Å²) in [6, 6.07) is 5.40. The van der Waals surface area contributed by atoms with Gasteiger partial charge in [-0.3, -0.25) is 0 Å². The molecule has 2 rings (SSSR count). The molecular formula is C10H13NO2. The standard InChI is InChI=1S/C10H13NO2/c1-7-2-3-8(4-10(7)12)13-9-5-11-6-9/h2-4,9,11-12H,5-6H2,1H3. The Labute approximate surface area is 77.3 Å². The second-order valence-electron chi connectivity index (χ2n) is 3.35. The predicted octanol–water partition coefficient (Wildman–Crippen LogP) is 1.05. The maximum Gasteiger partial charge on any atom is 0.123 e. The first-order valence-corrected chi connectivity index (χ1v) is 4.43. The normalized spacial score (nSPS) is 16.7. The first-order valence-electron chi connectivity index (χ1n) is 4.43. The Balaban J connectivity index is 2.07. The molecule has 1 aromatic rings. The largest absolute Gasteiger partial charge is 0.508 e. The lowest BCUT2D eigenvalue weighted by atomic mass is 10.2. The van der Waals surface area contributed by atoms with Crippen LogP contribution in [-0.2, 0) is 0 Å². The zero-order valence-corrected chi connectivity index (χ0v) is 7.58. The molecule has 1 aliphatic heterocycles. The van der Waals surface area contributed by atoms with E-state index in [9.17, 15) is 5.11 Å². The number of aromatic hydroxyl groups is 1. The van der Waals surface area contributed by atoms with Crippen LogP contribution in [0.4, 0.5) is 0 Å². The minimum Gasteiger partial charge on any atom is -0.508 e. The third-order valence-corrected chi connectivity index (χ3v) is 2.23. The Morgan fingerprint density at radius 1 is 1.46 bits per heavy atom. The van der Waals surface area contributed by atoms with Crippen LogP contribution in [0.3, 0.4) is 0 Å². The van der Waals surface area contributed by atoms with Gasteiger partial charge in [0.05, 0.1) is 0 Å². The Hall–Kier alpha value is -1.22. The fraction of sp³-hybridized carbons (Fsp3) is 0.400. The summed E-state index contributed by atoms with van der Waals surface area (Å²) in [6.45, 7) is 3.66. The number of rotatable bonds is 2. The zero-order valence-electron chi connectivity index (χ0n) is 7.58. The number of hydrogen-bond donors (Lipinski definition) is 2. The maximum atomic E-state index is 9.41. The topological polar surface area (TPSA) is 41.5 Å². The molecule has 2 N–H and O–H groups in total. The van der Waals surface area contributed by atoms with Gasteiger partial charge < -0.3 is 15.2 Å². The molecule has 3 heteroatoms. The second-order valence-corrected chi connectivity index (χ2v) is 3.35. The van der Waals surface area contributed by atoms with Crippen molar-refractivity contribution in [2.75, 3.05) is 13.1 Å². The van der Waals surface area contributed by atoms with E-state index in [2.05, 4.69) is 5.32 Å². The highest BCUT2D eigenvalue weighted by atomic mass is 16.5. The number of hydrogen-bond acceptors (Lipinski definition) is 3. The van der Waals surface area contributed by atoms with Crippen LogP contribution in [0.5, 0.6) is 11.5 Å². The van der Waals surface area contributed by atoms with Gasteiger partial charge in [-0.05, 0) is 18.6 Å². The minimum absolute atomic E-state index is 0.266. The number of nitrogens with one attached hydrogen (secondary N) is 1. The highest BCUT2D eigenvalue weighted by Crippen LogP contribution is 2.23. The van der Waals surface area contributed by atoms with Crippen LogP contribution in [0, 0.1) is 6.92 Å². The Kier molecular flexibility index (Phi) is 2.10. The first kappa shape index (κ1) is 8.38. The molecule has 3 nitrogen and oxygen atoms in total. The highest BCUT2D eigenvalue weighted by Gasteiger charge is 2.18. The number of phenols is 1. The average Bonchev–Trinajstić information content (AvgIpc) is 2.04. The van der Waals surface area contributed by atoms with E-state index >= 15 is 0 Å². The number of benzene rings is 1. The lowest BCUT2D eigenvalue weighted by Crippen LogP contribution is -2.50. The molecular weight excluding hydrogens is 166 g/mol. The molecule has 1 saturated heterocycles. The summed E-state index contributed by atoms with van der Waals surface area (Å²) in [5.74, 6) is 1.04. The maximum absolute atomic E-state index is 9.41. The second kappa shape index (κ2) is 3.26. The first-order chi connectivity index (χ1) is 6.25. The molecule has 1 aromatic carbocycles. The summed E-state index contributed by atoms with van der Waals surface area (Å²) >= 11 is 0. The van der Waals surface area contributed by atoms with Gasteiger partial charge in [-0.25, -0.2) is 0 Å².